The fourth-order valence-corrected chi connectivity index (χ4v) is 2.27. The molecule has 2 N–H and O–H groups in total. The molecule has 0 spiro atoms. The normalized spacial score (nSPS) is 21.4. The molecule has 1 amide bonds. The van der Waals surface area contributed by atoms with Crippen LogP contribution in [0.2, 0.25) is 0 Å². The number of aryl methyl sites for hydroxylation is 1. The minimum absolute atomic E-state index is 0.0285. The van der Waals surface area contributed by atoms with Crippen LogP contribution in [-0.4, -0.2) is 39.6 Å². The zero-order valence-electron chi connectivity index (χ0n) is 11.7. The van der Waals surface area contributed by atoms with Crippen molar-refractivity contribution < 1.29 is 24.6 Å². The first-order valence-corrected chi connectivity index (χ1v) is 6.99. The smallest absolute Gasteiger partial charge is 0.437 e. The van der Waals surface area contributed by atoms with Crippen molar-refractivity contribution in [2.24, 2.45) is 0 Å². The van der Waals surface area contributed by atoms with Crippen molar-refractivity contribution in [3.8, 4) is 0 Å². The van der Waals surface area contributed by atoms with Gasteiger partial charge in [-0.1, -0.05) is 36.8 Å². The Morgan fingerprint density at radius 1 is 1.24 bits per heavy atom. The molecule has 6 nitrogen and oxygen atoms in total. The molecule has 1 saturated heterocycles. The maximum atomic E-state index is 11.9. The van der Waals surface area contributed by atoms with Crippen LogP contribution in [0, 0.1) is 0 Å². The van der Waals surface area contributed by atoms with Crippen molar-refractivity contribution >= 4 is 11.9 Å². The third-order valence-corrected chi connectivity index (χ3v) is 3.58. The Kier molecular flexibility index (Phi) is 4.93. The summed E-state index contributed by atoms with van der Waals surface area (Å²) in [6.07, 6.45) is 2.29. The van der Waals surface area contributed by atoms with Crippen molar-refractivity contribution in [3.63, 3.8) is 0 Å². The summed E-state index contributed by atoms with van der Waals surface area (Å²) in [5.74, 6) is -0.601. The average molecular weight is 293 g/mol. The first-order chi connectivity index (χ1) is 10.0. The Balaban J connectivity index is 1.69. The van der Waals surface area contributed by atoms with Crippen LogP contribution in [0.4, 0.5) is 4.79 Å². The lowest BCUT2D eigenvalue weighted by atomic mass is 10.0. The van der Waals surface area contributed by atoms with Gasteiger partial charge in [-0.2, -0.15) is 0 Å². The van der Waals surface area contributed by atoms with E-state index in [0.29, 0.717) is 6.42 Å². The summed E-state index contributed by atoms with van der Waals surface area (Å²) in [7, 11) is 0. The summed E-state index contributed by atoms with van der Waals surface area (Å²) in [6, 6.07) is 10.1. The minimum Gasteiger partial charge on any atom is -0.442 e. The van der Waals surface area contributed by atoms with Crippen molar-refractivity contribution in [3.05, 3.63) is 35.9 Å². The van der Waals surface area contributed by atoms with Gasteiger partial charge in [0.25, 0.3) is 5.72 Å². The van der Waals surface area contributed by atoms with Gasteiger partial charge in [-0.25, -0.2) is 4.79 Å². The van der Waals surface area contributed by atoms with Crippen LogP contribution in [-0.2, 0) is 16.0 Å². The molecule has 0 radical (unpaired) electrons. The maximum Gasteiger partial charge on any atom is 0.437 e. The highest BCUT2D eigenvalue weighted by atomic mass is 16.7. The quantitative estimate of drug-likeness (QED) is 0.592. The van der Waals surface area contributed by atoms with E-state index in [0.717, 1.165) is 19.3 Å². The Morgan fingerprint density at radius 2 is 1.95 bits per heavy atom. The van der Waals surface area contributed by atoms with Crippen molar-refractivity contribution in [1.82, 2.24) is 5.06 Å². The molecule has 0 aliphatic carbocycles. The van der Waals surface area contributed by atoms with Crippen LogP contribution in [0.15, 0.2) is 30.3 Å². The van der Waals surface area contributed by atoms with Gasteiger partial charge < -0.3 is 9.84 Å². The Morgan fingerprint density at radius 3 is 2.57 bits per heavy atom. The molecular formula is C15H19NO5. The third-order valence-electron chi connectivity index (χ3n) is 3.58. The monoisotopic (exact) mass is 293 g/mol. The first kappa shape index (κ1) is 15.5. The van der Waals surface area contributed by atoms with Gasteiger partial charge >= 0.3 is 6.09 Å². The molecule has 114 valence electrons. The molecule has 1 aromatic carbocycles. The number of hydrogen-bond donors (Lipinski definition) is 2. The highest BCUT2D eigenvalue weighted by Crippen LogP contribution is 2.23. The van der Waals surface area contributed by atoms with Gasteiger partial charge in [0.2, 0.25) is 0 Å². The number of unbranched alkanes of at least 4 members (excludes halogenated alkanes) is 2. The Bertz CT molecular complexity index is 504. The average Bonchev–Trinajstić information content (AvgIpc) is 2.77. The molecule has 1 heterocycles. The highest BCUT2D eigenvalue weighted by molar-refractivity contribution is 5.91. The van der Waals surface area contributed by atoms with E-state index >= 15 is 0 Å². The summed E-state index contributed by atoms with van der Waals surface area (Å²) in [4.78, 5) is 22.8. The van der Waals surface area contributed by atoms with E-state index in [1.165, 1.54) is 5.56 Å². The molecule has 0 aromatic heterocycles. The highest BCUT2D eigenvalue weighted by Gasteiger charge is 2.51. The number of benzene rings is 1. The van der Waals surface area contributed by atoms with Gasteiger partial charge in [0.15, 0.2) is 12.4 Å². The third kappa shape index (κ3) is 3.59. The zero-order valence-corrected chi connectivity index (χ0v) is 11.7. The number of rotatable bonds is 7. The number of amides is 1. The number of carbonyl (C=O) groups is 2. The fourth-order valence-electron chi connectivity index (χ4n) is 2.27. The second-order valence-electron chi connectivity index (χ2n) is 5.15. The number of carbonyl (C=O) groups excluding carboxylic acids is 2. The van der Waals surface area contributed by atoms with Gasteiger partial charge in [-0.05, 0) is 24.8 Å². The second kappa shape index (κ2) is 6.69. The molecule has 1 atom stereocenters. The number of ether oxygens (including phenoxy) is 1. The van der Waals surface area contributed by atoms with Crippen molar-refractivity contribution in [1.29, 1.82) is 0 Å². The fraction of sp³-hybridized carbons (Fsp3) is 0.467. The van der Waals surface area contributed by atoms with Crippen molar-refractivity contribution in [2.75, 3.05) is 6.61 Å². The molecule has 2 rings (SSSR count). The predicted molar refractivity (Wildman–Crippen MR) is 73.5 cm³/mol. The predicted octanol–water partition coefficient (Wildman–Crippen LogP) is 1.89. The molecule has 1 aliphatic rings. The summed E-state index contributed by atoms with van der Waals surface area (Å²) < 4.78 is 4.45. The summed E-state index contributed by atoms with van der Waals surface area (Å²) in [5.41, 5.74) is -0.977. The van der Waals surface area contributed by atoms with Crippen LogP contribution in [0.3, 0.4) is 0 Å². The number of cyclic esters (lactones) is 1. The number of ketones is 1. The lowest BCUT2D eigenvalue weighted by Gasteiger charge is -2.22. The SMILES string of the molecule is O=C1OCC(O)(C(=O)CCCCCc2ccccc2)N1O. The molecular weight excluding hydrogens is 274 g/mol. The van der Waals surface area contributed by atoms with E-state index in [1.54, 1.807) is 0 Å². The van der Waals surface area contributed by atoms with Crippen LogP contribution < -0.4 is 0 Å². The Hall–Kier alpha value is -1.92. The largest absolute Gasteiger partial charge is 0.442 e. The molecule has 1 aliphatic heterocycles. The Labute approximate surface area is 122 Å². The van der Waals surface area contributed by atoms with Gasteiger partial charge in [-0.15, -0.1) is 5.06 Å². The number of hydrogen-bond acceptors (Lipinski definition) is 5. The first-order valence-electron chi connectivity index (χ1n) is 6.99. The summed E-state index contributed by atoms with van der Waals surface area (Å²) in [6.45, 7) is -0.523. The van der Waals surface area contributed by atoms with Gasteiger partial charge in [0.1, 0.15) is 0 Å². The lowest BCUT2D eigenvalue weighted by Crippen LogP contribution is -2.51. The zero-order chi connectivity index (χ0) is 15.3. The van der Waals surface area contributed by atoms with Crippen LogP contribution in [0.1, 0.15) is 31.2 Å². The summed E-state index contributed by atoms with van der Waals surface area (Å²) >= 11 is 0. The number of hydroxylamine groups is 2. The molecule has 1 aromatic rings. The maximum absolute atomic E-state index is 11.9. The van der Waals surface area contributed by atoms with Crippen molar-refractivity contribution in [2.45, 2.75) is 37.8 Å². The van der Waals surface area contributed by atoms with E-state index in [4.69, 9.17) is 0 Å². The molecule has 1 fully saturated rings. The van der Waals surface area contributed by atoms with E-state index in [9.17, 15) is 19.9 Å². The molecule has 0 saturated carbocycles. The van der Waals surface area contributed by atoms with Crippen LogP contribution in [0.25, 0.3) is 0 Å². The lowest BCUT2D eigenvalue weighted by molar-refractivity contribution is -0.204. The van der Waals surface area contributed by atoms with Crippen LogP contribution in [0.5, 0.6) is 0 Å². The molecule has 6 heteroatoms. The minimum atomic E-state index is -2.23. The summed E-state index contributed by atoms with van der Waals surface area (Å²) in [5, 5.41) is 19.2. The molecule has 21 heavy (non-hydrogen) atoms. The standard InChI is InChI=1S/C15H19NO5/c17-13(15(19)11-21-14(18)16(15)20)10-6-2-5-9-12-7-3-1-4-8-12/h1,3-4,7-8,19-20H,2,5-6,9-11H2. The van der Waals surface area contributed by atoms with Gasteiger partial charge in [-0.3, -0.25) is 10.0 Å². The van der Waals surface area contributed by atoms with E-state index in [-0.39, 0.29) is 11.5 Å². The number of Topliss-reactive ketones (excluding diaryl/α,β-unsaturated/α-hetero) is 1. The van der Waals surface area contributed by atoms with Gasteiger partial charge in [0.05, 0.1) is 0 Å². The van der Waals surface area contributed by atoms with Crippen LogP contribution >= 0.6 is 0 Å². The van der Waals surface area contributed by atoms with E-state index in [1.807, 2.05) is 18.2 Å². The topological polar surface area (TPSA) is 87.1 Å². The molecule has 0 bridgehead atoms. The van der Waals surface area contributed by atoms with Gasteiger partial charge in [0, 0.05) is 6.42 Å². The van der Waals surface area contributed by atoms with E-state index in [2.05, 4.69) is 16.9 Å². The van der Waals surface area contributed by atoms with E-state index < -0.39 is 24.2 Å². The molecule has 1 unspecified atom stereocenters. The number of aliphatic hydroxyl groups is 1. The second-order valence-corrected chi connectivity index (χ2v) is 5.15. The number of nitrogens with zero attached hydrogens (tertiary/aromatic N) is 1.